The van der Waals surface area contributed by atoms with Crippen molar-refractivity contribution in [2.24, 2.45) is 0 Å². The molecule has 0 aromatic heterocycles. The number of likely N-dealkylation sites (N-methyl/N-ethyl adjacent to an activating group) is 1. The van der Waals surface area contributed by atoms with Gasteiger partial charge in [0.15, 0.2) is 0 Å². The monoisotopic (exact) mass is 285 g/mol. The largest absolute Gasteiger partial charge is 0.478 e. The number of aliphatic carboxylic acids is 1. The Balaban J connectivity index is 3.08. The lowest BCUT2D eigenvalue weighted by atomic mass is 10.2. The minimum absolute atomic E-state index is 0.00245. The van der Waals surface area contributed by atoms with Gasteiger partial charge in [0.1, 0.15) is 0 Å². The summed E-state index contributed by atoms with van der Waals surface area (Å²) in [5.41, 5.74) is 0.473. The van der Waals surface area contributed by atoms with Gasteiger partial charge in [0.2, 0.25) is 10.0 Å². The number of sulfonamides is 1. The fourth-order valence-electron chi connectivity index (χ4n) is 1.39. The smallest absolute Gasteiger partial charge is 0.328 e. The standard InChI is InChI=1S/C12H15NO5S/c1-13(7-8-14)19(17,18)11-4-2-3-10(9-11)5-6-12(15)16/h2-6,9,14H,7-8H2,1H3,(H,15,16)/b6-5+. The van der Waals surface area contributed by atoms with Crippen LogP contribution in [-0.2, 0) is 14.8 Å². The molecule has 0 fully saturated rings. The number of carboxylic acids is 1. The fraction of sp³-hybridized carbons (Fsp3) is 0.250. The van der Waals surface area contributed by atoms with Crippen molar-refractivity contribution in [1.82, 2.24) is 4.31 Å². The highest BCUT2D eigenvalue weighted by molar-refractivity contribution is 7.89. The van der Waals surface area contributed by atoms with Crippen LogP contribution in [0.3, 0.4) is 0 Å². The van der Waals surface area contributed by atoms with E-state index in [4.69, 9.17) is 10.2 Å². The second-order valence-electron chi connectivity index (χ2n) is 3.79. The predicted molar refractivity (Wildman–Crippen MR) is 70.0 cm³/mol. The van der Waals surface area contributed by atoms with Crippen LogP contribution >= 0.6 is 0 Å². The van der Waals surface area contributed by atoms with Gasteiger partial charge in [-0.3, -0.25) is 0 Å². The van der Waals surface area contributed by atoms with Gasteiger partial charge in [0.05, 0.1) is 11.5 Å². The molecule has 1 rings (SSSR count). The lowest BCUT2D eigenvalue weighted by Crippen LogP contribution is -2.29. The Kier molecular flexibility index (Phi) is 5.22. The minimum Gasteiger partial charge on any atom is -0.478 e. The van der Waals surface area contributed by atoms with Crippen molar-refractivity contribution >= 4 is 22.1 Å². The highest BCUT2D eigenvalue weighted by Crippen LogP contribution is 2.16. The molecule has 0 radical (unpaired) electrons. The molecule has 0 unspecified atom stereocenters. The van der Waals surface area contributed by atoms with Crippen molar-refractivity contribution in [3.8, 4) is 0 Å². The third-order valence-electron chi connectivity index (χ3n) is 2.40. The summed E-state index contributed by atoms with van der Waals surface area (Å²) >= 11 is 0. The Bertz CT molecular complexity index is 580. The lowest BCUT2D eigenvalue weighted by molar-refractivity contribution is -0.131. The maximum Gasteiger partial charge on any atom is 0.328 e. The fourth-order valence-corrected chi connectivity index (χ4v) is 2.60. The molecular weight excluding hydrogens is 270 g/mol. The van der Waals surface area contributed by atoms with E-state index in [-0.39, 0.29) is 18.0 Å². The first-order valence-corrected chi connectivity index (χ1v) is 6.90. The summed E-state index contributed by atoms with van der Waals surface area (Å²) in [6.45, 7) is -0.272. The van der Waals surface area contributed by atoms with E-state index in [9.17, 15) is 13.2 Å². The van der Waals surface area contributed by atoms with Gasteiger partial charge in [-0.2, -0.15) is 4.31 Å². The predicted octanol–water partition coefficient (Wildman–Crippen LogP) is 0.397. The van der Waals surface area contributed by atoms with Crippen LogP contribution in [0.2, 0.25) is 0 Å². The number of aliphatic hydroxyl groups excluding tert-OH is 1. The molecule has 2 N–H and O–H groups in total. The molecule has 1 aromatic rings. The Labute approximate surface area is 111 Å². The third-order valence-corrected chi connectivity index (χ3v) is 4.25. The van der Waals surface area contributed by atoms with E-state index in [2.05, 4.69) is 0 Å². The molecule has 0 aliphatic heterocycles. The number of hydrogen-bond acceptors (Lipinski definition) is 4. The van der Waals surface area contributed by atoms with Crippen molar-refractivity contribution in [1.29, 1.82) is 0 Å². The van der Waals surface area contributed by atoms with Crippen LogP contribution in [0.4, 0.5) is 0 Å². The molecule has 0 aliphatic carbocycles. The van der Waals surface area contributed by atoms with E-state index in [1.807, 2.05) is 0 Å². The SMILES string of the molecule is CN(CCO)S(=O)(=O)c1cccc(/C=C/C(=O)O)c1. The average Bonchev–Trinajstić information content (AvgIpc) is 2.37. The summed E-state index contributed by atoms with van der Waals surface area (Å²) in [7, 11) is -2.30. The van der Waals surface area contributed by atoms with Crippen LogP contribution in [0.1, 0.15) is 5.56 Å². The number of aliphatic hydroxyl groups is 1. The highest BCUT2D eigenvalue weighted by Gasteiger charge is 2.19. The third kappa shape index (κ3) is 4.16. The van der Waals surface area contributed by atoms with E-state index in [0.717, 1.165) is 10.4 Å². The van der Waals surface area contributed by atoms with Crippen molar-refractivity contribution in [3.05, 3.63) is 35.9 Å². The number of carboxylic acid groups (broad SMARTS) is 1. The zero-order valence-corrected chi connectivity index (χ0v) is 11.2. The van der Waals surface area contributed by atoms with Gasteiger partial charge in [0.25, 0.3) is 0 Å². The summed E-state index contributed by atoms with van der Waals surface area (Å²) in [6, 6.07) is 5.93. The van der Waals surface area contributed by atoms with E-state index >= 15 is 0 Å². The number of rotatable bonds is 6. The Morgan fingerprint density at radius 2 is 2.11 bits per heavy atom. The molecule has 6 nitrogen and oxygen atoms in total. The first-order valence-electron chi connectivity index (χ1n) is 5.46. The maximum absolute atomic E-state index is 12.1. The van der Waals surface area contributed by atoms with Gasteiger partial charge in [-0.05, 0) is 23.8 Å². The van der Waals surface area contributed by atoms with Gasteiger partial charge in [-0.15, -0.1) is 0 Å². The summed E-state index contributed by atoms with van der Waals surface area (Å²) in [5, 5.41) is 17.3. The minimum atomic E-state index is -3.67. The van der Waals surface area contributed by atoms with Gasteiger partial charge in [0, 0.05) is 19.7 Å². The zero-order chi connectivity index (χ0) is 14.5. The van der Waals surface area contributed by atoms with Crippen molar-refractivity contribution < 1.29 is 23.4 Å². The molecule has 0 saturated heterocycles. The van der Waals surface area contributed by atoms with Crippen LogP contribution < -0.4 is 0 Å². The van der Waals surface area contributed by atoms with Crippen LogP contribution in [0.25, 0.3) is 6.08 Å². The summed E-state index contributed by atoms with van der Waals surface area (Å²) < 4.78 is 25.2. The maximum atomic E-state index is 12.1. The molecule has 0 aliphatic rings. The number of benzene rings is 1. The molecule has 0 amide bonds. The molecule has 7 heteroatoms. The first-order chi connectivity index (χ1) is 8.87. The van der Waals surface area contributed by atoms with E-state index in [1.165, 1.54) is 31.3 Å². The van der Waals surface area contributed by atoms with Crippen molar-refractivity contribution in [2.75, 3.05) is 20.2 Å². The molecule has 104 valence electrons. The van der Waals surface area contributed by atoms with Gasteiger partial charge >= 0.3 is 5.97 Å². The summed E-state index contributed by atoms with van der Waals surface area (Å²) in [6.07, 6.45) is 2.25. The molecular formula is C12H15NO5S. The number of carbonyl (C=O) groups is 1. The van der Waals surface area contributed by atoms with E-state index in [0.29, 0.717) is 5.56 Å². The van der Waals surface area contributed by atoms with Crippen LogP contribution in [0.15, 0.2) is 35.2 Å². The van der Waals surface area contributed by atoms with Gasteiger partial charge in [-0.25, -0.2) is 13.2 Å². The molecule has 0 saturated carbocycles. The van der Waals surface area contributed by atoms with E-state index < -0.39 is 16.0 Å². The van der Waals surface area contributed by atoms with E-state index in [1.54, 1.807) is 6.07 Å². The summed E-state index contributed by atoms with van der Waals surface area (Å²) in [4.78, 5) is 10.5. The number of hydrogen-bond donors (Lipinski definition) is 2. The van der Waals surface area contributed by atoms with Crippen molar-refractivity contribution in [3.63, 3.8) is 0 Å². The normalized spacial score (nSPS) is 12.2. The Morgan fingerprint density at radius 3 is 2.68 bits per heavy atom. The zero-order valence-electron chi connectivity index (χ0n) is 10.4. The Hall–Kier alpha value is -1.70. The topological polar surface area (TPSA) is 94.9 Å². The second kappa shape index (κ2) is 6.46. The van der Waals surface area contributed by atoms with Crippen LogP contribution in [-0.4, -0.2) is 49.1 Å². The van der Waals surface area contributed by atoms with Gasteiger partial charge in [-0.1, -0.05) is 12.1 Å². The molecule has 1 aromatic carbocycles. The van der Waals surface area contributed by atoms with Crippen LogP contribution in [0, 0.1) is 0 Å². The molecule has 0 bridgehead atoms. The quantitative estimate of drug-likeness (QED) is 0.738. The lowest BCUT2D eigenvalue weighted by Gasteiger charge is -2.15. The van der Waals surface area contributed by atoms with Gasteiger partial charge < -0.3 is 10.2 Å². The molecule has 19 heavy (non-hydrogen) atoms. The average molecular weight is 285 g/mol. The van der Waals surface area contributed by atoms with Crippen molar-refractivity contribution in [2.45, 2.75) is 4.90 Å². The Morgan fingerprint density at radius 1 is 1.42 bits per heavy atom. The number of nitrogens with zero attached hydrogens (tertiary/aromatic N) is 1. The molecule has 0 atom stereocenters. The highest BCUT2D eigenvalue weighted by atomic mass is 32.2. The second-order valence-corrected chi connectivity index (χ2v) is 5.84. The first kappa shape index (κ1) is 15.4. The molecule has 0 spiro atoms. The molecule has 0 heterocycles. The summed E-state index contributed by atoms with van der Waals surface area (Å²) in [5.74, 6) is -1.11. The van der Waals surface area contributed by atoms with Crippen LogP contribution in [0.5, 0.6) is 0 Å².